The Kier molecular flexibility index (Phi) is 4.89. The number of amides is 1. The number of alkyl halides is 3. The van der Waals surface area contributed by atoms with Gasteiger partial charge in [-0.3, -0.25) is 9.47 Å². The van der Waals surface area contributed by atoms with Gasteiger partial charge in [-0.05, 0) is 30.2 Å². The zero-order valence-corrected chi connectivity index (χ0v) is 17.5. The van der Waals surface area contributed by atoms with Crippen LogP contribution in [0.1, 0.15) is 40.9 Å². The lowest BCUT2D eigenvalue weighted by atomic mass is 10.1. The van der Waals surface area contributed by atoms with Gasteiger partial charge in [0.25, 0.3) is 0 Å². The van der Waals surface area contributed by atoms with E-state index in [1.165, 1.54) is 21.6 Å². The lowest BCUT2D eigenvalue weighted by molar-refractivity contribution is -0.137. The predicted octanol–water partition coefficient (Wildman–Crippen LogP) is 3.87. The molecule has 0 unspecified atom stereocenters. The van der Waals surface area contributed by atoms with E-state index in [-0.39, 0.29) is 24.5 Å². The van der Waals surface area contributed by atoms with Crippen LogP contribution >= 0.6 is 0 Å². The Balaban J connectivity index is 1.47. The van der Waals surface area contributed by atoms with E-state index >= 15 is 0 Å². The number of rotatable bonds is 3. The van der Waals surface area contributed by atoms with Gasteiger partial charge in [-0.1, -0.05) is 30.3 Å². The minimum Gasteiger partial charge on any atom is -0.493 e. The maximum absolute atomic E-state index is 13.4. The first kappa shape index (κ1) is 21.6. The van der Waals surface area contributed by atoms with Crippen LogP contribution in [0.3, 0.4) is 0 Å². The number of aromatic nitrogens is 2. The molecule has 2 atom stereocenters. The Morgan fingerprint density at radius 3 is 2.62 bits per heavy atom. The molecule has 3 heterocycles. The molecule has 0 saturated carbocycles. The number of fused-ring (bicyclic) bond motifs is 5. The van der Waals surface area contributed by atoms with Gasteiger partial charge in [0.2, 0.25) is 5.88 Å². The fourth-order valence-electron chi connectivity index (χ4n) is 4.69. The second-order valence-electron chi connectivity index (χ2n) is 8.13. The normalized spacial score (nSPS) is 18.6. The number of benzene rings is 2. The summed E-state index contributed by atoms with van der Waals surface area (Å²) in [6.07, 6.45) is -5.04. The highest BCUT2D eigenvalue weighted by atomic mass is 19.4. The first-order valence-electron chi connectivity index (χ1n) is 10.4. The molecule has 2 bridgehead atoms. The third-order valence-electron chi connectivity index (χ3n) is 6.18. The summed E-state index contributed by atoms with van der Waals surface area (Å²) in [5, 5.41) is 19.9. The van der Waals surface area contributed by atoms with E-state index in [2.05, 4.69) is 0 Å². The number of likely N-dealkylation sites (tertiary alicyclic amines) is 1. The van der Waals surface area contributed by atoms with Crippen molar-refractivity contribution < 1.29 is 27.8 Å². The molecule has 1 amide bonds. The molecule has 8 nitrogen and oxygen atoms in total. The standard InChI is InChI=1S/C23H17F3N4O4/c24-23(25,26)17-8-15(7-6-14(17)10-27)30-20(31)19-18-9-16(29(19)21(30)32)11-28(18)22(33)34-12-13-4-2-1-3-5-13/h1-8,16,18,31H,9,11-12H2/t16-,18-/m0/s1. The Bertz CT molecular complexity index is 1390. The highest BCUT2D eigenvalue weighted by Crippen LogP contribution is 2.49. The summed E-state index contributed by atoms with van der Waals surface area (Å²) in [6, 6.07) is 12.2. The summed E-state index contributed by atoms with van der Waals surface area (Å²) >= 11 is 0. The summed E-state index contributed by atoms with van der Waals surface area (Å²) in [7, 11) is 0. The van der Waals surface area contributed by atoms with Crippen LogP contribution in [-0.4, -0.2) is 31.8 Å². The van der Waals surface area contributed by atoms with Gasteiger partial charge in [0.15, 0.2) is 0 Å². The van der Waals surface area contributed by atoms with E-state index in [0.717, 1.165) is 16.2 Å². The van der Waals surface area contributed by atoms with Crippen molar-refractivity contribution in [2.45, 2.75) is 31.3 Å². The van der Waals surface area contributed by atoms with Crippen molar-refractivity contribution in [2.75, 3.05) is 6.54 Å². The molecule has 2 aromatic carbocycles. The number of nitrogens with zero attached hydrogens (tertiary/aromatic N) is 4. The summed E-state index contributed by atoms with van der Waals surface area (Å²) in [5.74, 6) is -0.545. The topological polar surface area (TPSA) is 100 Å². The SMILES string of the molecule is N#Cc1ccc(-n2c(O)c3n(c2=O)[C@H]2C[C@@H]3N(C(=O)OCc3ccccc3)C2)cc1C(F)(F)F. The molecule has 1 aromatic heterocycles. The molecule has 0 radical (unpaired) electrons. The summed E-state index contributed by atoms with van der Waals surface area (Å²) in [4.78, 5) is 27.2. The highest BCUT2D eigenvalue weighted by Gasteiger charge is 2.50. The average molecular weight is 470 g/mol. The second kappa shape index (κ2) is 7.69. The van der Waals surface area contributed by atoms with Gasteiger partial charge in [0, 0.05) is 6.54 Å². The van der Waals surface area contributed by atoms with E-state index in [0.29, 0.717) is 12.5 Å². The fourth-order valence-corrected chi connectivity index (χ4v) is 4.69. The molecule has 34 heavy (non-hydrogen) atoms. The van der Waals surface area contributed by atoms with Crippen LogP contribution in [0.25, 0.3) is 5.69 Å². The maximum atomic E-state index is 13.4. The minimum atomic E-state index is -4.82. The molecule has 1 N–H and O–H groups in total. The number of aromatic hydroxyl groups is 1. The molecule has 1 saturated heterocycles. The van der Waals surface area contributed by atoms with E-state index < -0.39 is 47.0 Å². The van der Waals surface area contributed by atoms with E-state index in [9.17, 15) is 27.9 Å². The van der Waals surface area contributed by atoms with Crippen LogP contribution in [0.2, 0.25) is 0 Å². The number of hydrogen-bond donors (Lipinski definition) is 1. The molecule has 2 aliphatic heterocycles. The third-order valence-corrected chi connectivity index (χ3v) is 6.18. The number of imidazole rings is 1. The molecule has 3 aromatic rings. The monoisotopic (exact) mass is 470 g/mol. The van der Waals surface area contributed by atoms with Gasteiger partial charge in [-0.2, -0.15) is 18.4 Å². The highest BCUT2D eigenvalue weighted by molar-refractivity contribution is 5.69. The number of nitriles is 1. The summed E-state index contributed by atoms with van der Waals surface area (Å²) in [6.45, 7) is 0.231. The molecule has 174 valence electrons. The molecular weight excluding hydrogens is 453 g/mol. The van der Waals surface area contributed by atoms with E-state index in [1.54, 1.807) is 12.1 Å². The smallest absolute Gasteiger partial charge is 0.417 e. The van der Waals surface area contributed by atoms with Gasteiger partial charge in [-0.25, -0.2) is 14.2 Å². The van der Waals surface area contributed by atoms with Crippen LogP contribution in [0.5, 0.6) is 5.88 Å². The van der Waals surface area contributed by atoms with Gasteiger partial charge in [0.1, 0.15) is 12.3 Å². The third kappa shape index (κ3) is 3.30. The minimum absolute atomic E-state index is 0.0544. The first-order chi connectivity index (χ1) is 16.2. The Hall–Kier alpha value is -4.20. The number of carbonyl (C=O) groups is 1. The number of carbonyl (C=O) groups excluding carboxylic acids is 1. The van der Waals surface area contributed by atoms with Crippen molar-refractivity contribution in [1.29, 1.82) is 5.26 Å². The molecule has 2 aliphatic rings. The predicted molar refractivity (Wildman–Crippen MR) is 111 cm³/mol. The largest absolute Gasteiger partial charge is 0.493 e. The number of hydrogen-bond acceptors (Lipinski definition) is 5. The van der Waals surface area contributed by atoms with Crippen LogP contribution < -0.4 is 5.69 Å². The molecule has 1 fully saturated rings. The van der Waals surface area contributed by atoms with E-state index in [4.69, 9.17) is 10.00 Å². The van der Waals surface area contributed by atoms with Gasteiger partial charge >= 0.3 is 18.0 Å². The Morgan fingerprint density at radius 2 is 1.94 bits per heavy atom. The van der Waals surface area contributed by atoms with Crippen molar-refractivity contribution in [3.63, 3.8) is 0 Å². The Morgan fingerprint density at radius 1 is 1.21 bits per heavy atom. The summed E-state index contributed by atoms with van der Waals surface area (Å²) < 4.78 is 47.7. The van der Waals surface area contributed by atoms with Crippen molar-refractivity contribution in [2.24, 2.45) is 0 Å². The second-order valence-corrected chi connectivity index (χ2v) is 8.13. The molecule has 5 rings (SSSR count). The average Bonchev–Trinajstić information content (AvgIpc) is 3.48. The van der Waals surface area contributed by atoms with Crippen LogP contribution in [0, 0.1) is 11.3 Å². The zero-order chi connectivity index (χ0) is 24.2. The van der Waals surface area contributed by atoms with Crippen LogP contribution in [0.4, 0.5) is 18.0 Å². The number of halogens is 3. The van der Waals surface area contributed by atoms with Crippen LogP contribution in [-0.2, 0) is 17.5 Å². The van der Waals surface area contributed by atoms with Crippen LogP contribution in [0.15, 0.2) is 53.3 Å². The molecular formula is C23H17F3N4O4. The molecule has 0 aliphatic carbocycles. The van der Waals surface area contributed by atoms with Crippen molar-refractivity contribution in [1.82, 2.24) is 14.0 Å². The fraction of sp³-hybridized carbons (Fsp3) is 0.261. The Labute approximate surface area is 190 Å². The molecule has 11 heteroatoms. The lowest BCUT2D eigenvalue weighted by Gasteiger charge is -2.26. The quantitative estimate of drug-likeness (QED) is 0.626. The van der Waals surface area contributed by atoms with Gasteiger partial charge in [-0.15, -0.1) is 0 Å². The van der Waals surface area contributed by atoms with Gasteiger partial charge in [0.05, 0.1) is 35.0 Å². The number of ether oxygens (including phenoxy) is 1. The zero-order valence-electron chi connectivity index (χ0n) is 17.5. The maximum Gasteiger partial charge on any atom is 0.417 e. The molecule has 0 spiro atoms. The van der Waals surface area contributed by atoms with Crippen molar-refractivity contribution in [3.8, 4) is 17.6 Å². The first-order valence-corrected chi connectivity index (χ1v) is 10.4. The summed E-state index contributed by atoms with van der Waals surface area (Å²) in [5.41, 5.74) is -1.80. The lowest BCUT2D eigenvalue weighted by Crippen LogP contribution is -2.38. The van der Waals surface area contributed by atoms with Gasteiger partial charge < -0.3 is 9.84 Å². The van der Waals surface area contributed by atoms with Crippen molar-refractivity contribution >= 4 is 6.09 Å². The van der Waals surface area contributed by atoms with Crippen molar-refractivity contribution in [3.05, 3.63) is 81.4 Å². The van der Waals surface area contributed by atoms with E-state index in [1.807, 2.05) is 18.2 Å².